The van der Waals surface area contributed by atoms with Crippen molar-refractivity contribution in [2.75, 3.05) is 26.4 Å². The average molecular weight is 332 g/mol. The summed E-state index contributed by atoms with van der Waals surface area (Å²) < 4.78 is 22.4. The third kappa shape index (κ3) is 7.45. The maximum absolute atomic E-state index is 9.10. The molecule has 2 aliphatic rings. The highest BCUT2D eigenvalue weighted by atomic mass is 16.7. The third-order valence-corrected chi connectivity index (χ3v) is 4.43. The second kappa shape index (κ2) is 11.3. The zero-order valence-electron chi connectivity index (χ0n) is 14.0. The summed E-state index contributed by atoms with van der Waals surface area (Å²) in [5.74, 6) is 0. The van der Waals surface area contributed by atoms with Gasteiger partial charge in [-0.25, -0.2) is 0 Å². The summed E-state index contributed by atoms with van der Waals surface area (Å²) in [7, 11) is 0. The average Bonchev–Trinajstić information content (AvgIpc) is 3.02. The number of ether oxygens (including phenoxy) is 4. The number of rotatable bonds is 11. The second-order valence-electron chi connectivity index (χ2n) is 6.41. The number of aliphatic hydroxyl groups is 2. The molecule has 2 rings (SSSR count). The maximum Gasteiger partial charge on any atom is 0.158 e. The first kappa shape index (κ1) is 19.1. The van der Waals surface area contributed by atoms with E-state index < -0.39 is 0 Å². The van der Waals surface area contributed by atoms with Gasteiger partial charge in [0, 0.05) is 6.61 Å². The van der Waals surface area contributed by atoms with E-state index in [2.05, 4.69) is 0 Å². The Balaban J connectivity index is 1.40. The molecule has 2 aliphatic heterocycles. The van der Waals surface area contributed by atoms with Crippen molar-refractivity contribution in [1.29, 1.82) is 0 Å². The SMILES string of the molecule is OCCC1COC(CCCCCCCC2OCCC(CO)O2)O1. The molecule has 0 radical (unpaired) electrons. The molecule has 0 saturated carbocycles. The Bertz CT molecular complexity index is 301. The molecule has 0 spiro atoms. The molecule has 6 heteroatoms. The van der Waals surface area contributed by atoms with Crippen molar-refractivity contribution in [2.24, 2.45) is 0 Å². The van der Waals surface area contributed by atoms with Crippen LogP contribution in [-0.4, -0.2) is 61.4 Å². The monoisotopic (exact) mass is 332 g/mol. The van der Waals surface area contributed by atoms with E-state index in [1.807, 2.05) is 0 Å². The molecule has 4 unspecified atom stereocenters. The minimum Gasteiger partial charge on any atom is -0.396 e. The van der Waals surface area contributed by atoms with Crippen LogP contribution in [0.3, 0.4) is 0 Å². The molecule has 0 amide bonds. The molecule has 0 aromatic rings. The second-order valence-corrected chi connectivity index (χ2v) is 6.41. The van der Waals surface area contributed by atoms with Crippen LogP contribution >= 0.6 is 0 Å². The van der Waals surface area contributed by atoms with E-state index in [0.717, 1.165) is 32.1 Å². The van der Waals surface area contributed by atoms with Crippen molar-refractivity contribution < 1.29 is 29.2 Å². The maximum atomic E-state index is 9.10. The highest BCUT2D eigenvalue weighted by molar-refractivity contribution is 4.65. The van der Waals surface area contributed by atoms with Crippen LogP contribution in [0, 0.1) is 0 Å². The molecular weight excluding hydrogens is 300 g/mol. The van der Waals surface area contributed by atoms with E-state index >= 15 is 0 Å². The fourth-order valence-corrected chi connectivity index (χ4v) is 3.05. The molecule has 4 atom stereocenters. The quantitative estimate of drug-likeness (QED) is 0.563. The van der Waals surface area contributed by atoms with Crippen LogP contribution in [0.15, 0.2) is 0 Å². The summed E-state index contributed by atoms with van der Waals surface area (Å²) in [5.41, 5.74) is 0. The summed E-state index contributed by atoms with van der Waals surface area (Å²) in [5, 5.41) is 18.0. The van der Waals surface area contributed by atoms with E-state index in [4.69, 9.17) is 29.2 Å². The van der Waals surface area contributed by atoms with Crippen LogP contribution in [0.5, 0.6) is 0 Å². The highest BCUT2D eigenvalue weighted by Gasteiger charge is 2.25. The summed E-state index contributed by atoms with van der Waals surface area (Å²) in [6, 6.07) is 0. The summed E-state index contributed by atoms with van der Waals surface area (Å²) in [6.07, 6.45) is 8.88. The van der Waals surface area contributed by atoms with Gasteiger partial charge >= 0.3 is 0 Å². The minimum atomic E-state index is -0.135. The van der Waals surface area contributed by atoms with Crippen LogP contribution in [0.1, 0.15) is 57.8 Å². The van der Waals surface area contributed by atoms with Crippen LogP contribution in [0.25, 0.3) is 0 Å². The number of aliphatic hydroxyl groups excluding tert-OH is 2. The van der Waals surface area contributed by atoms with E-state index in [0.29, 0.717) is 19.6 Å². The Morgan fingerprint density at radius 3 is 2.09 bits per heavy atom. The highest BCUT2D eigenvalue weighted by Crippen LogP contribution is 2.21. The van der Waals surface area contributed by atoms with Crippen molar-refractivity contribution in [3.8, 4) is 0 Å². The van der Waals surface area contributed by atoms with E-state index in [1.165, 1.54) is 19.3 Å². The first-order chi connectivity index (χ1) is 11.3. The van der Waals surface area contributed by atoms with Crippen molar-refractivity contribution in [3.05, 3.63) is 0 Å². The number of hydrogen-bond donors (Lipinski definition) is 2. The summed E-state index contributed by atoms with van der Waals surface area (Å²) in [6.45, 7) is 1.55. The molecule has 2 fully saturated rings. The van der Waals surface area contributed by atoms with Crippen molar-refractivity contribution in [2.45, 2.75) is 82.6 Å². The van der Waals surface area contributed by atoms with Gasteiger partial charge in [0.25, 0.3) is 0 Å². The van der Waals surface area contributed by atoms with E-state index in [1.54, 1.807) is 0 Å². The fourth-order valence-electron chi connectivity index (χ4n) is 3.05. The molecule has 2 N–H and O–H groups in total. The van der Waals surface area contributed by atoms with Crippen molar-refractivity contribution >= 4 is 0 Å². The van der Waals surface area contributed by atoms with Gasteiger partial charge < -0.3 is 29.2 Å². The van der Waals surface area contributed by atoms with Crippen molar-refractivity contribution in [1.82, 2.24) is 0 Å². The topological polar surface area (TPSA) is 77.4 Å². The molecule has 136 valence electrons. The first-order valence-corrected chi connectivity index (χ1v) is 9.07. The Kier molecular flexibility index (Phi) is 9.41. The summed E-state index contributed by atoms with van der Waals surface area (Å²) in [4.78, 5) is 0. The van der Waals surface area contributed by atoms with Crippen LogP contribution in [-0.2, 0) is 18.9 Å². The largest absolute Gasteiger partial charge is 0.396 e. The third-order valence-electron chi connectivity index (χ3n) is 4.43. The smallest absolute Gasteiger partial charge is 0.158 e. The molecule has 2 saturated heterocycles. The molecule has 6 nitrogen and oxygen atoms in total. The van der Waals surface area contributed by atoms with Gasteiger partial charge in [0.2, 0.25) is 0 Å². The molecule has 2 heterocycles. The molecule has 0 aliphatic carbocycles. The predicted molar refractivity (Wildman–Crippen MR) is 85.0 cm³/mol. The zero-order chi connectivity index (χ0) is 16.3. The lowest BCUT2D eigenvalue weighted by Crippen LogP contribution is -2.34. The lowest BCUT2D eigenvalue weighted by molar-refractivity contribution is -0.222. The van der Waals surface area contributed by atoms with Gasteiger partial charge in [-0.1, -0.05) is 19.3 Å². The zero-order valence-corrected chi connectivity index (χ0v) is 14.0. The molecule has 0 bridgehead atoms. The first-order valence-electron chi connectivity index (χ1n) is 9.07. The lowest BCUT2D eigenvalue weighted by atomic mass is 10.1. The standard InChI is InChI=1S/C17H32O6/c18-10-8-15-13-21-17(23-15)7-5-3-1-2-4-6-16-20-11-9-14(12-19)22-16/h14-19H,1-13H2. The fraction of sp³-hybridized carbons (Fsp3) is 1.00. The molecular formula is C17H32O6. The van der Waals surface area contributed by atoms with Gasteiger partial charge in [-0.15, -0.1) is 0 Å². The minimum absolute atomic E-state index is 0.0465. The van der Waals surface area contributed by atoms with Gasteiger partial charge in [0.1, 0.15) is 0 Å². The van der Waals surface area contributed by atoms with Gasteiger partial charge in [-0.2, -0.15) is 0 Å². The van der Waals surface area contributed by atoms with Crippen LogP contribution in [0.2, 0.25) is 0 Å². The normalized spacial score (nSPS) is 31.6. The number of hydrogen-bond acceptors (Lipinski definition) is 6. The molecule has 0 aromatic heterocycles. The predicted octanol–water partition coefficient (Wildman–Crippen LogP) is 1.96. The Labute approximate surface area is 139 Å². The van der Waals surface area contributed by atoms with Crippen molar-refractivity contribution in [3.63, 3.8) is 0 Å². The van der Waals surface area contributed by atoms with Gasteiger partial charge in [0.15, 0.2) is 12.6 Å². The van der Waals surface area contributed by atoms with E-state index in [9.17, 15) is 0 Å². The van der Waals surface area contributed by atoms with Crippen LogP contribution < -0.4 is 0 Å². The molecule has 0 aromatic carbocycles. The van der Waals surface area contributed by atoms with E-state index in [-0.39, 0.29) is 38.0 Å². The Hall–Kier alpha value is -0.240. The van der Waals surface area contributed by atoms with Gasteiger partial charge in [-0.05, 0) is 38.5 Å². The van der Waals surface area contributed by atoms with Gasteiger partial charge in [0.05, 0.1) is 32.0 Å². The Morgan fingerprint density at radius 2 is 1.39 bits per heavy atom. The Morgan fingerprint density at radius 1 is 0.739 bits per heavy atom. The van der Waals surface area contributed by atoms with Crippen LogP contribution in [0.4, 0.5) is 0 Å². The number of unbranched alkanes of at least 4 members (excludes halogenated alkanes) is 4. The summed E-state index contributed by atoms with van der Waals surface area (Å²) >= 11 is 0. The molecule has 23 heavy (non-hydrogen) atoms. The lowest BCUT2D eigenvalue weighted by Gasteiger charge is -2.29. The van der Waals surface area contributed by atoms with Gasteiger partial charge in [-0.3, -0.25) is 0 Å².